The van der Waals surface area contributed by atoms with E-state index in [9.17, 15) is 44.3 Å². The highest BCUT2D eigenvalue weighted by Gasteiger charge is 2.54. The standard InChI is InChI=1S/C22H29N3O3.3C2HF3O2/c1-2-28-21(26)22-7-4-9-24(12-18-5-3-8-23-11-18)14-20(22)15-25(17-22)13-19-6-10-27-16-19;3*3-2(4,5)1(6)7/h3,5-6,8,10-11,16,20H,2,4,7,9,12-15,17H2,1H3;3*(H,6,7)/t20-,22-;;;/m0.../s1. The summed E-state index contributed by atoms with van der Waals surface area (Å²) in [6, 6.07) is 6.11. The number of ether oxygens (including phenoxy) is 1. The van der Waals surface area contributed by atoms with Crippen LogP contribution in [0.5, 0.6) is 0 Å². The first-order valence-corrected chi connectivity index (χ1v) is 13.9. The van der Waals surface area contributed by atoms with Crippen molar-refractivity contribution >= 4 is 23.9 Å². The van der Waals surface area contributed by atoms with Gasteiger partial charge in [-0.1, -0.05) is 6.07 Å². The topological polar surface area (TPSA) is 171 Å². The molecule has 2 aromatic heterocycles. The Labute approximate surface area is 272 Å². The lowest BCUT2D eigenvalue weighted by Gasteiger charge is -2.31. The number of furan rings is 1. The molecule has 2 saturated heterocycles. The molecule has 0 unspecified atom stereocenters. The van der Waals surface area contributed by atoms with Gasteiger partial charge in [0.05, 0.1) is 24.5 Å². The number of alkyl halides is 9. The number of aromatic nitrogens is 1. The molecule has 0 spiro atoms. The molecule has 2 fully saturated rings. The molecule has 0 aromatic carbocycles. The maximum atomic E-state index is 13.1. The van der Waals surface area contributed by atoms with Gasteiger partial charge in [0.2, 0.25) is 0 Å². The second kappa shape index (κ2) is 18.4. The van der Waals surface area contributed by atoms with Crippen molar-refractivity contribution in [1.29, 1.82) is 0 Å². The number of carboxylic acid groups (broad SMARTS) is 3. The molecule has 0 saturated carbocycles. The molecule has 2 atom stereocenters. The number of fused-ring (bicyclic) bond motifs is 1. The zero-order valence-electron chi connectivity index (χ0n) is 25.5. The van der Waals surface area contributed by atoms with Crippen LogP contribution in [0.2, 0.25) is 0 Å². The van der Waals surface area contributed by atoms with E-state index in [1.165, 1.54) is 5.56 Å². The smallest absolute Gasteiger partial charge is 0.475 e. The fourth-order valence-electron chi connectivity index (χ4n) is 4.88. The molecule has 0 bridgehead atoms. The number of aliphatic carboxylic acids is 3. The van der Waals surface area contributed by atoms with Gasteiger partial charge in [-0.2, -0.15) is 39.5 Å². The maximum absolute atomic E-state index is 13.1. The zero-order valence-corrected chi connectivity index (χ0v) is 25.5. The van der Waals surface area contributed by atoms with Gasteiger partial charge in [-0.3, -0.25) is 19.6 Å². The molecule has 12 nitrogen and oxygen atoms in total. The first-order valence-electron chi connectivity index (χ1n) is 13.9. The molecule has 2 aromatic rings. The Morgan fingerprint density at radius 2 is 1.39 bits per heavy atom. The van der Waals surface area contributed by atoms with Crippen LogP contribution in [-0.2, 0) is 37.0 Å². The summed E-state index contributed by atoms with van der Waals surface area (Å²) < 4.78 is 106. The van der Waals surface area contributed by atoms with Crippen LogP contribution in [0.1, 0.15) is 30.9 Å². The quantitative estimate of drug-likeness (QED) is 0.274. The number of hydrogen-bond donors (Lipinski definition) is 3. The van der Waals surface area contributed by atoms with Crippen molar-refractivity contribution < 1.29 is 83.2 Å². The molecule has 2 aliphatic heterocycles. The molecule has 49 heavy (non-hydrogen) atoms. The van der Waals surface area contributed by atoms with Crippen LogP contribution < -0.4 is 0 Å². The summed E-state index contributed by atoms with van der Waals surface area (Å²) in [6.07, 6.45) is -6.11. The van der Waals surface area contributed by atoms with E-state index in [0.29, 0.717) is 6.61 Å². The Kier molecular flexibility index (Phi) is 16.0. The number of carboxylic acids is 3. The van der Waals surface area contributed by atoms with Gasteiger partial charge in [0.25, 0.3) is 0 Å². The molecule has 21 heteroatoms. The monoisotopic (exact) mass is 725 g/mol. The molecular weight excluding hydrogens is 693 g/mol. The first kappa shape index (κ1) is 42.6. The average molecular weight is 726 g/mol. The van der Waals surface area contributed by atoms with Crippen LogP contribution in [-0.4, -0.2) is 105 Å². The summed E-state index contributed by atoms with van der Waals surface area (Å²) in [5.74, 6) is -8.01. The van der Waals surface area contributed by atoms with Crippen LogP contribution in [0.3, 0.4) is 0 Å². The van der Waals surface area contributed by atoms with Gasteiger partial charge in [-0.15, -0.1) is 0 Å². The lowest BCUT2D eigenvalue weighted by atomic mass is 9.75. The fourth-order valence-corrected chi connectivity index (χ4v) is 4.88. The highest BCUT2D eigenvalue weighted by atomic mass is 19.4. The molecule has 0 radical (unpaired) electrons. The minimum absolute atomic E-state index is 0.0158. The second-order valence-electron chi connectivity index (χ2n) is 10.5. The average Bonchev–Trinajstić information content (AvgIpc) is 3.57. The van der Waals surface area contributed by atoms with E-state index in [1.807, 2.05) is 31.5 Å². The second-order valence-corrected chi connectivity index (χ2v) is 10.5. The molecule has 276 valence electrons. The third kappa shape index (κ3) is 14.7. The normalized spacial score (nSPS) is 19.7. The summed E-state index contributed by atoms with van der Waals surface area (Å²) in [4.78, 5) is 48.9. The van der Waals surface area contributed by atoms with Gasteiger partial charge in [0, 0.05) is 56.6 Å². The highest BCUT2D eigenvalue weighted by Crippen LogP contribution is 2.44. The van der Waals surface area contributed by atoms with E-state index in [1.54, 1.807) is 12.5 Å². The number of pyridine rings is 1. The third-order valence-corrected chi connectivity index (χ3v) is 6.87. The van der Waals surface area contributed by atoms with Crippen LogP contribution in [0, 0.1) is 11.3 Å². The van der Waals surface area contributed by atoms with Crippen molar-refractivity contribution in [1.82, 2.24) is 14.8 Å². The summed E-state index contributed by atoms with van der Waals surface area (Å²) in [6.45, 7) is 7.63. The maximum Gasteiger partial charge on any atom is 0.490 e. The minimum atomic E-state index is -5.08. The van der Waals surface area contributed by atoms with Gasteiger partial charge in [-0.25, -0.2) is 14.4 Å². The Bertz CT molecular complexity index is 1280. The van der Waals surface area contributed by atoms with Crippen molar-refractivity contribution in [2.45, 2.75) is 51.4 Å². The third-order valence-electron chi connectivity index (χ3n) is 6.87. The van der Waals surface area contributed by atoms with Gasteiger partial charge < -0.3 is 24.5 Å². The summed E-state index contributed by atoms with van der Waals surface area (Å²) in [7, 11) is 0. The summed E-state index contributed by atoms with van der Waals surface area (Å²) >= 11 is 0. The van der Waals surface area contributed by atoms with Gasteiger partial charge >= 0.3 is 42.4 Å². The Balaban J connectivity index is 0.000000467. The number of halogens is 9. The summed E-state index contributed by atoms with van der Waals surface area (Å²) in [5, 5.41) is 21.4. The fraction of sp³-hybridized carbons (Fsp3) is 0.536. The van der Waals surface area contributed by atoms with Crippen molar-refractivity contribution in [3.05, 3.63) is 54.2 Å². The minimum Gasteiger partial charge on any atom is -0.475 e. The van der Waals surface area contributed by atoms with Crippen LogP contribution in [0.25, 0.3) is 0 Å². The van der Waals surface area contributed by atoms with Gasteiger partial charge in [-0.05, 0) is 44.0 Å². The molecule has 3 N–H and O–H groups in total. The van der Waals surface area contributed by atoms with Crippen molar-refractivity contribution in [3.63, 3.8) is 0 Å². The van der Waals surface area contributed by atoms with Gasteiger partial charge in [0.1, 0.15) is 0 Å². The molecule has 2 aliphatic rings. The zero-order chi connectivity index (χ0) is 37.6. The van der Waals surface area contributed by atoms with E-state index in [-0.39, 0.29) is 11.9 Å². The van der Waals surface area contributed by atoms with Crippen molar-refractivity contribution in [2.24, 2.45) is 11.3 Å². The number of carbonyl (C=O) groups is 4. The van der Waals surface area contributed by atoms with Crippen LogP contribution in [0.15, 0.2) is 47.5 Å². The number of likely N-dealkylation sites (tertiary alicyclic amines) is 2. The predicted octanol–water partition coefficient (Wildman–Crippen LogP) is 4.85. The lowest BCUT2D eigenvalue weighted by Crippen LogP contribution is -2.42. The number of rotatable bonds is 6. The van der Waals surface area contributed by atoms with E-state index >= 15 is 0 Å². The predicted molar refractivity (Wildman–Crippen MR) is 146 cm³/mol. The van der Waals surface area contributed by atoms with Crippen molar-refractivity contribution in [3.8, 4) is 0 Å². The molecule has 4 heterocycles. The largest absolute Gasteiger partial charge is 0.490 e. The van der Waals surface area contributed by atoms with E-state index in [4.69, 9.17) is 38.9 Å². The first-order chi connectivity index (χ1) is 22.5. The van der Waals surface area contributed by atoms with Crippen LogP contribution >= 0.6 is 0 Å². The van der Waals surface area contributed by atoms with E-state index < -0.39 is 41.9 Å². The Morgan fingerprint density at radius 3 is 1.82 bits per heavy atom. The lowest BCUT2D eigenvalue weighted by molar-refractivity contribution is -0.193. The summed E-state index contributed by atoms with van der Waals surface area (Å²) in [5.41, 5.74) is 1.98. The molecule has 4 rings (SSSR count). The number of nitrogens with zero attached hydrogens (tertiary/aromatic N) is 3. The molecule has 0 aliphatic carbocycles. The highest BCUT2D eigenvalue weighted by molar-refractivity contribution is 5.78. The van der Waals surface area contributed by atoms with Gasteiger partial charge in [0.15, 0.2) is 0 Å². The number of hydrogen-bond acceptors (Lipinski definition) is 9. The Hall–Kier alpha value is -4.40. The Morgan fingerprint density at radius 1 is 0.878 bits per heavy atom. The van der Waals surface area contributed by atoms with Crippen LogP contribution in [0.4, 0.5) is 39.5 Å². The van der Waals surface area contributed by atoms with E-state index in [2.05, 4.69) is 20.9 Å². The SMILES string of the molecule is CCOC(=O)[C@]12CCCN(Cc3cccnc3)C[C@H]1CN(Cc1ccoc1)C2.O=C(O)C(F)(F)F.O=C(O)C(F)(F)F.O=C(O)C(F)(F)F. The molecule has 0 amide bonds. The molecular formula is C28H32F9N3O9. The van der Waals surface area contributed by atoms with Crippen molar-refractivity contribution in [2.75, 3.05) is 32.8 Å². The number of carbonyl (C=O) groups excluding carboxylic acids is 1. The van der Waals surface area contributed by atoms with E-state index in [0.717, 1.165) is 57.7 Å². The number of esters is 1.